The molecule has 0 aliphatic carbocycles. The summed E-state index contributed by atoms with van der Waals surface area (Å²) in [5, 5.41) is 8.30. The molecule has 0 radical (unpaired) electrons. The zero-order valence-corrected chi connectivity index (χ0v) is 13.0. The Kier molecular flexibility index (Phi) is 3.04. The molecule has 0 atom stereocenters. The van der Waals surface area contributed by atoms with Crippen molar-refractivity contribution < 1.29 is 0 Å². The van der Waals surface area contributed by atoms with E-state index in [9.17, 15) is 0 Å². The van der Waals surface area contributed by atoms with Crippen LogP contribution in [0.5, 0.6) is 0 Å². The van der Waals surface area contributed by atoms with E-state index in [2.05, 4.69) is 57.6 Å². The predicted molar refractivity (Wildman–Crippen MR) is 88.9 cm³/mol. The molecule has 21 heavy (non-hydrogen) atoms. The molecule has 0 fully saturated rings. The smallest absolute Gasteiger partial charge is 0.133 e. The number of nitrogens with one attached hydrogen (secondary N) is 1. The van der Waals surface area contributed by atoms with Crippen molar-refractivity contribution in [2.75, 3.05) is 11.9 Å². The summed E-state index contributed by atoms with van der Waals surface area (Å²) in [6.45, 7) is 0.976. The summed E-state index contributed by atoms with van der Waals surface area (Å²) < 4.78 is 3.09. The second-order valence-electron chi connectivity index (χ2n) is 5.11. The Hall–Kier alpha value is -2.07. The molecule has 0 spiro atoms. The number of nitrogens with zero attached hydrogens (tertiary/aromatic N) is 2. The molecule has 104 valence electrons. The highest BCUT2D eigenvalue weighted by Crippen LogP contribution is 2.34. The largest absolute Gasteiger partial charge is 0.369 e. The monoisotopic (exact) mass is 339 g/mol. The van der Waals surface area contributed by atoms with Gasteiger partial charge in [0.2, 0.25) is 0 Å². The molecule has 0 saturated carbocycles. The molecule has 3 nitrogen and oxygen atoms in total. The van der Waals surface area contributed by atoms with Gasteiger partial charge in [-0.15, -0.1) is 0 Å². The molecule has 3 aromatic rings. The van der Waals surface area contributed by atoms with Gasteiger partial charge in [0.05, 0.1) is 11.4 Å². The van der Waals surface area contributed by atoms with Crippen LogP contribution in [0.3, 0.4) is 0 Å². The normalized spacial score (nSPS) is 13.0. The van der Waals surface area contributed by atoms with Gasteiger partial charge >= 0.3 is 0 Å². The molecule has 0 saturated heterocycles. The van der Waals surface area contributed by atoms with Crippen molar-refractivity contribution in [2.45, 2.75) is 6.42 Å². The SMILES string of the molecule is Brc1ccc(-n2nc(-c3ccccc3)c3c2NCC3)cc1. The minimum absolute atomic E-state index is 0.976. The number of benzene rings is 2. The van der Waals surface area contributed by atoms with E-state index in [1.807, 2.05) is 22.9 Å². The Bertz CT molecular complexity index is 776. The molecular weight excluding hydrogens is 326 g/mol. The first-order valence-corrected chi connectivity index (χ1v) is 7.79. The average molecular weight is 340 g/mol. The van der Waals surface area contributed by atoms with Crippen LogP contribution in [0.1, 0.15) is 5.56 Å². The maximum Gasteiger partial charge on any atom is 0.133 e. The lowest BCUT2D eigenvalue weighted by Crippen LogP contribution is -2.04. The van der Waals surface area contributed by atoms with Crippen molar-refractivity contribution in [2.24, 2.45) is 0 Å². The van der Waals surface area contributed by atoms with Gasteiger partial charge in [0, 0.05) is 22.1 Å². The average Bonchev–Trinajstić information content (AvgIpc) is 3.11. The van der Waals surface area contributed by atoms with Crippen molar-refractivity contribution in [1.29, 1.82) is 0 Å². The summed E-state index contributed by atoms with van der Waals surface area (Å²) in [6, 6.07) is 18.6. The lowest BCUT2D eigenvalue weighted by Gasteiger charge is -2.06. The van der Waals surface area contributed by atoms with Crippen molar-refractivity contribution in [3.8, 4) is 16.9 Å². The summed E-state index contributed by atoms with van der Waals surface area (Å²) in [5.74, 6) is 1.12. The summed E-state index contributed by atoms with van der Waals surface area (Å²) in [4.78, 5) is 0. The van der Waals surface area contributed by atoms with Gasteiger partial charge in [-0.05, 0) is 30.7 Å². The Balaban J connectivity index is 1.88. The van der Waals surface area contributed by atoms with Crippen LogP contribution >= 0.6 is 15.9 Å². The van der Waals surface area contributed by atoms with Crippen molar-refractivity contribution in [3.63, 3.8) is 0 Å². The molecule has 0 bridgehead atoms. The van der Waals surface area contributed by atoms with Crippen LogP contribution in [0.4, 0.5) is 5.82 Å². The Morgan fingerprint density at radius 1 is 1.00 bits per heavy atom. The van der Waals surface area contributed by atoms with E-state index in [1.54, 1.807) is 0 Å². The first-order chi connectivity index (χ1) is 10.3. The van der Waals surface area contributed by atoms with Crippen LogP contribution in [-0.2, 0) is 6.42 Å². The van der Waals surface area contributed by atoms with Crippen LogP contribution in [-0.4, -0.2) is 16.3 Å². The number of rotatable bonds is 2. The van der Waals surface area contributed by atoms with E-state index in [-0.39, 0.29) is 0 Å². The number of halogens is 1. The molecule has 2 aromatic carbocycles. The molecule has 1 aliphatic rings. The van der Waals surface area contributed by atoms with Gasteiger partial charge in [-0.3, -0.25) is 0 Å². The number of aromatic nitrogens is 2. The molecule has 0 unspecified atom stereocenters. The van der Waals surface area contributed by atoms with Crippen molar-refractivity contribution >= 4 is 21.7 Å². The number of hydrogen-bond acceptors (Lipinski definition) is 2. The first-order valence-electron chi connectivity index (χ1n) is 7.00. The molecular formula is C17H14BrN3. The number of hydrogen-bond donors (Lipinski definition) is 1. The van der Waals surface area contributed by atoms with Gasteiger partial charge in [-0.1, -0.05) is 46.3 Å². The predicted octanol–water partition coefficient (Wildman–Crippen LogP) is 4.27. The Morgan fingerprint density at radius 3 is 2.52 bits per heavy atom. The van der Waals surface area contributed by atoms with Gasteiger partial charge < -0.3 is 5.32 Å². The number of anilines is 1. The second-order valence-corrected chi connectivity index (χ2v) is 6.02. The fourth-order valence-corrected chi connectivity index (χ4v) is 3.04. The highest BCUT2D eigenvalue weighted by molar-refractivity contribution is 9.10. The highest BCUT2D eigenvalue weighted by atomic mass is 79.9. The Labute approximate surface area is 131 Å². The van der Waals surface area contributed by atoms with Crippen LogP contribution in [0.25, 0.3) is 16.9 Å². The van der Waals surface area contributed by atoms with E-state index < -0.39 is 0 Å². The summed E-state index contributed by atoms with van der Waals surface area (Å²) in [7, 11) is 0. The van der Waals surface area contributed by atoms with E-state index in [1.165, 1.54) is 11.1 Å². The molecule has 0 amide bonds. The fourth-order valence-electron chi connectivity index (χ4n) is 2.77. The minimum atomic E-state index is 0.976. The van der Waals surface area contributed by atoms with Gasteiger partial charge in [-0.2, -0.15) is 5.10 Å². The van der Waals surface area contributed by atoms with Gasteiger partial charge in [0.15, 0.2) is 0 Å². The third-order valence-electron chi connectivity index (χ3n) is 3.77. The summed E-state index contributed by atoms with van der Waals surface area (Å²) >= 11 is 3.48. The van der Waals surface area contributed by atoms with E-state index >= 15 is 0 Å². The molecule has 1 aromatic heterocycles. The van der Waals surface area contributed by atoms with E-state index in [0.717, 1.165) is 34.6 Å². The quantitative estimate of drug-likeness (QED) is 0.755. The topological polar surface area (TPSA) is 29.9 Å². The first kappa shape index (κ1) is 12.7. The molecule has 4 heteroatoms. The standard InChI is InChI=1S/C17H14BrN3/c18-13-6-8-14(9-7-13)21-17-15(10-11-19-17)16(20-21)12-4-2-1-3-5-12/h1-9,19H,10-11H2. The second kappa shape index (κ2) is 5.04. The highest BCUT2D eigenvalue weighted by Gasteiger charge is 2.23. The number of fused-ring (bicyclic) bond motifs is 1. The van der Waals surface area contributed by atoms with Crippen LogP contribution in [0.2, 0.25) is 0 Å². The maximum absolute atomic E-state index is 4.84. The van der Waals surface area contributed by atoms with Gasteiger partial charge in [0.1, 0.15) is 5.82 Å². The van der Waals surface area contributed by atoms with Crippen LogP contribution in [0, 0.1) is 0 Å². The molecule has 1 N–H and O–H groups in total. The fraction of sp³-hybridized carbons (Fsp3) is 0.118. The minimum Gasteiger partial charge on any atom is -0.369 e. The van der Waals surface area contributed by atoms with Gasteiger partial charge in [-0.25, -0.2) is 4.68 Å². The maximum atomic E-state index is 4.84. The molecule has 2 heterocycles. The third kappa shape index (κ3) is 2.16. The van der Waals surface area contributed by atoms with E-state index in [4.69, 9.17) is 5.10 Å². The summed E-state index contributed by atoms with van der Waals surface area (Å²) in [6.07, 6.45) is 1.02. The third-order valence-corrected chi connectivity index (χ3v) is 4.30. The lowest BCUT2D eigenvalue weighted by molar-refractivity contribution is 0.882. The molecule has 1 aliphatic heterocycles. The zero-order chi connectivity index (χ0) is 14.2. The van der Waals surface area contributed by atoms with Crippen molar-refractivity contribution in [1.82, 2.24) is 9.78 Å². The van der Waals surface area contributed by atoms with Gasteiger partial charge in [0.25, 0.3) is 0 Å². The van der Waals surface area contributed by atoms with Crippen LogP contribution < -0.4 is 5.32 Å². The van der Waals surface area contributed by atoms with Crippen molar-refractivity contribution in [3.05, 3.63) is 64.6 Å². The molecule has 4 rings (SSSR count). The lowest BCUT2D eigenvalue weighted by atomic mass is 10.1. The summed E-state index contributed by atoms with van der Waals surface area (Å²) in [5.41, 5.74) is 4.64. The Morgan fingerprint density at radius 2 is 1.76 bits per heavy atom. The zero-order valence-electron chi connectivity index (χ0n) is 11.4. The van der Waals surface area contributed by atoms with Crippen LogP contribution in [0.15, 0.2) is 59.1 Å². The van der Waals surface area contributed by atoms with E-state index in [0.29, 0.717) is 0 Å².